The van der Waals surface area contributed by atoms with Gasteiger partial charge >= 0.3 is 0 Å². The van der Waals surface area contributed by atoms with Gasteiger partial charge < -0.3 is 0 Å². The SMILES string of the molecule is CCCC[C@H](C(=O)C(C)C)N(C)C(C)C. The highest BCUT2D eigenvalue weighted by atomic mass is 16.1. The van der Waals surface area contributed by atoms with Gasteiger partial charge in [0.25, 0.3) is 0 Å². The van der Waals surface area contributed by atoms with Gasteiger partial charge in [-0.1, -0.05) is 33.6 Å². The summed E-state index contributed by atoms with van der Waals surface area (Å²) in [7, 11) is 2.06. The highest BCUT2D eigenvalue weighted by Gasteiger charge is 2.25. The highest BCUT2D eigenvalue weighted by molar-refractivity contribution is 5.85. The third-order valence-electron chi connectivity index (χ3n) is 3.03. The Morgan fingerprint density at radius 2 is 1.73 bits per heavy atom. The van der Waals surface area contributed by atoms with Crippen LogP contribution in [-0.2, 0) is 4.79 Å². The van der Waals surface area contributed by atoms with E-state index >= 15 is 0 Å². The van der Waals surface area contributed by atoms with Crippen LogP contribution in [-0.4, -0.2) is 29.8 Å². The molecule has 0 aliphatic carbocycles. The zero-order valence-corrected chi connectivity index (χ0v) is 11.2. The predicted octanol–water partition coefficient (Wildman–Crippen LogP) is 3.11. The molecule has 0 radical (unpaired) electrons. The fourth-order valence-electron chi connectivity index (χ4n) is 1.69. The number of hydrogen-bond acceptors (Lipinski definition) is 2. The van der Waals surface area contributed by atoms with E-state index < -0.39 is 0 Å². The van der Waals surface area contributed by atoms with Crippen molar-refractivity contribution in [1.82, 2.24) is 4.90 Å². The predicted molar refractivity (Wildman–Crippen MR) is 66.1 cm³/mol. The molecule has 15 heavy (non-hydrogen) atoms. The number of nitrogens with zero attached hydrogens (tertiary/aromatic N) is 1. The Kier molecular flexibility index (Phi) is 6.82. The number of unbranched alkanes of at least 4 members (excludes halogenated alkanes) is 1. The molecule has 0 rings (SSSR count). The summed E-state index contributed by atoms with van der Waals surface area (Å²) < 4.78 is 0. The van der Waals surface area contributed by atoms with Crippen LogP contribution in [0.4, 0.5) is 0 Å². The minimum absolute atomic E-state index is 0.116. The van der Waals surface area contributed by atoms with Gasteiger partial charge in [0.05, 0.1) is 6.04 Å². The van der Waals surface area contributed by atoms with E-state index in [4.69, 9.17) is 0 Å². The molecule has 0 aromatic carbocycles. The quantitative estimate of drug-likeness (QED) is 0.647. The molecule has 2 nitrogen and oxygen atoms in total. The van der Waals surface area contributed by atoms with Crippen molar-refractivity contribution in [3.05, 3.63) is 0 Å². The maximum Gasteiger partial charge on any atom is 0.152 e. The Morgan fingerprint density at radius 3 is 2.07 bits per heavy atom. The van der Waals surface area contributed by atoms with Gasteiger partial charge in [0.2, 0.25) is 0 Å². The lowest BCUT2D eigenvalue weighted by atomic mass is 9.95. The first-order valence-corrected chi connectivity index (χ1v) is 6.17. The zero-order valence-electron chi connectivity index (χ0n) is 11.2. The second kappa shape index (κ2) is 7.00. The van der Waals surface area contributed by atoms with Gasteiger partial charge in [-0.3, -0.25) is 9.69 Å². The van der Waals surface area contributed by atoms with Gasteiger partial charge in [-0.15, -0.1) is 0 Å². The van der Waals surface area contributed by atoms with E-state index in [0.717, 1.165) is 19.3 Å². The Hall–Kier alpha value is -0.370. The van der Waals surface area contributed by atoms with Gasteiger partial charge in [-0.25, -0.2) is 0 Å². The standard InChI is InChI=1S/C13H27NO/c1-7-8-9-12(13(15)10(2)3)14(6)11(4)5/h10-12H,7-9H2,1-6H3/t12-/m1/s1. The molecule has 0 amide bonds. The molecule has 0 bridgehead atoms. The van der Waals surface area contributed by atoms with Crippen LogP contribution in [0.25, 0.3) is 0 Å². The average molecular weight is 213 g/mol. The van der Waals surface area contributed by atoms with E-state index in [0.29, 0.717) is 11.8 Å². The number of ketones is 1. The second-order valence-corrected chi connectivity index (χ2v) is 4.97. The van der Waals surface area contributed by atoms with Crippen LogP contribution in [0.2, 0.25) is 0 Å². The van der Waals surface area contributed by atoms with Gasteiger partial charge in [-0.05, 0) is 27.3 Å². The fraction of sp³-hybridized carbons (Fsp3) is 0.923. The molecule has 2 heteroatoms. The first kappa shape index (κ1) is 14.6. The second-order valence-electron chi connectivity index (χ2n) is 4.97. The monoisotopic (exact) mass is 213 g/mol. The molecule has 0 spiro atoms. The molecule has 0 fully saturated rings. The lowest BCUT2D eigenvalue weighted by Crippen LogP contribution is -2.44. The van der Waals surface area contributed by atoms with Crippen LogP contribution in [0.5, 0.6) is 0 Å². The van der Waals surface area contributed by atoms with E-state index in [1.807, 2.05) is 13.8 Å². The number of hydrogen-bond donors (Lipinski definition) is 0. The Bertz CT molecular complexity index is 187. The zero-order chi connectivity index (χ0) is 12.0. The molecule has 90 valence electrons. The number of Topliss-reactive ketones (excluding diaryl/α,β-unsaturated/α-hetero) is 1. The van der Waals surface area contributed by atoms with Crippen molar-refractivity contribution in [1.29, 1.82) is 0 Å². The molecule has 0 aliphatic rings. The van der Waals surface area contributed by atoms with Crippen molar-refractivity contribution in [2.45, 2.75) is 66.0 Å². The van der Waals surface area contributed by atoms with E-state index in [-0.39, 0.29) is 12.0 Å². The fourth-order valence-corrected chi connectivity index (χ4v) is 1.69. The van der Waals surface area contributed by atoms with Crippen molar-refractivity contribution in [2.75, 3.05) is 7.05 Å². The Labute approximate surface area is 95.0 Å². The summed E-state index contributed by atoms with van der Waals surface area (Å²) in [5.41, 5.74) is 0. The maximum atomic E-state index is 12.1. The number of carbonyl (C=O) groups excluding carboxylic acids is 1. The minimum Gasteiger partial charge on any atom is -0.298 e. The molecular formula is C13H27NO. The lowest BCUT2D eigenvalue weighted by molar-refractivity contribution is -0.127. The number of rotatable bonds is 7. The summed E-state index contributed by atoms with van der Waals surface area (Å²) in [5.74, 6) is 0.535. The molecule has 0 N–H and O–H groups in total. The van der Waals surface area contributed by atoms with Gasteiger partial charge in [0, 0.05) is 12.0 Å². The molecular weight excluding hydrogens is 186 g/mol. The van der Waals surface area contributed by atoms with Crippen LogP contribution >= 0.6 is 0 Å². The molecule has 0 saturated carbocycles. The Morgan fingerprint density at radius 1 is 1.20 bits per heavy atom. The van der Waals surface area contributed by atoms with Crippen molar-refractivity contribution in [3.63, 3.8) is 0 Å². The molecule has 0 aliphatic heterocycles. The average Bonchev–Trinajstić information content (AvgIpc) is 2.17. The molecule has 0 heterocycles. The van der Waals surface area contributed by atoms with Crippen LogP contribution in [0.3, 0.4) is 0 Å². The third-order valence-corrected chi connectivity index (χ3v) is 3.03. The Balaban J connectivity index is 4.49. The minimum atomic E-state index is 0.116. The summed E-state index contributed by atoms with van der Waals surface area (Å²) in [4.78, 5) is 14.3. The lowest BCUT2D eigenvalue weighted by Gasteiger charge is -2.31. The third kappa shape index (κ3) is 4.78. The van der Waals surface area contributed by atoms with Crippen molar-refractivity contribution in [3.8, 4) is 0 Å². The largest absolute Gasteiger partial charge is 0.298 e. The van der Waals surface area contributed by atoms with E-state index in [2.05, 4.69) is 32.7 Å². The molecule has 0 aromatic heterocycles. The number of carbonyl (C=O) groups is 1. The summed E-state index contributed by atoms with van der Waals surface area (Å²) in [6.07, 6.45) is 3.30. The summed E-state index contributed by atoms with van der Waals surface area (Å²) in [5, 5.41) is 0. The van der Waals surface area contributed by atoms with Crippen LogP contribution in [0.1, 0.15) is 53.9 Å². The molecule has 0 aromatic rings. The molecule has 0 unspecified atom stereocenters. The van der Waals surface area contributed by atoms with Gasteiger partial charge in [0.15, 0.2) is 5.78 Å². The van der Waals surface area contributed by atoms with E-state index in [1.54, 1.807) is 0 Å². The highest BCUT2D eigenvalue weighted by Crippen LogP contribution is 2.15. The molecule has 0 saturated heterocycles. The summed E-state index contributed by atoms with van der Waals surface area (Å²) >= 11 is 0. The van der Waals surface area contributed by atoms with Crippen molar-refractivity contribution >= 4 is 5.78 Å². The smallest absolute Gasteiger partial charge is 0.152 e. The molecule has 1 atom stereocenters. The first-order chi connectivity index (χ1) is 6.91. The van der Waals surface area contributed by atoms with E-state index in [1.165, 1.54) is 0 Å². The topological polar surface area (TPSA) is 20.3 Å². The van der Waals surface area contributed by atoms with E-state index in [9.17, 15) is 4.79 Å². The normalized spacial score (nSPS) is 13.9. The first-order valence-electron chi connectivity index (χ1n) is 6.17. The van der Waals surface area contributed by atoms with Gasteiger partial charge in [0.1, 0.15) is 0 Å². The summed E-state index contributed by atoms with van der Waals surface area (Å²) in [6.45, 7) is 10.5. The van der Waals surface area contributed by atoms with Crippen molar-refractivity contribution in [2.24, 2.45) is 5.92 Å². The maximum absolute atomic E-state index is 12.1. The van der Waals surface area contributed by atoms with Crippen LogP contribution < -0.4 is 0 Å². The van der Waals surface area contributed by atoms with Gasteiger partial charge in [-0.2, -0.15) is 0 Å². The summed E-state index contributed by atoms with van der Waals surface area (Å²) in [6, 6.07) is 0.555. The van der Waals surface area contributed by atoms with Crippen molar-refractivity contribution < 1.29 is 4.79 Å². The number of likely N-dealkylation sites (N-methyl/N-ethyl adjacent to an activating group) is 1. The van der Waals surface area contributed by atoms with Crippen LogP contribution in [0.15, 0.2) is 0 Å². The van der Waals surface area contributed by atoms with Crippen LogP contribution in [0, 0.1) is 5.92 Å².